The van der Waals surface area contributed by atoms with Gasteiger partial charge in [-0.25, -0.2) is 4.98 Å². The maximum absolute atomic E-state index is 5.22. The van der Waals surface area contributed by atoms with E-state index in [2.05, 4.69) is 62.7 Å². The van der Waals surface area contributed by atoms with Gasteiger partial charge in [0.2, 0.25) is 0 Å². The summed E-state index contributed by atoms with van der Waals surface area (Å²) in [6, 6.07) is 16.5. The number of benzene rings is 2. The first kappa shape index (κ1) is 16.8. The van der Waals surface area contributed by atoms with Gasteiger partial charge in [-0.05, 0) is 41.8 Å². The molecule has 1 aromatic heterocycles. The maximum Gasteiger partial charge on any atom is 0.118 e. The number of aromatic nitrogens is 2. The van der Waals surface area contributed by atoms with Crippen molar-refractivity contribution < 1.29 is 4.74 Å². The average molecular weight is 384 g/mol. The van der Waals surface area contributed by atoms with Crippen LogP contribution in [0.2, 0.25) is 0 Å². The predicted octanol–water partition coefficient (Wildman–Crippen LogP) is 5.06. The van der Waals surface area contributed by atoms with Crippen LogP contribution in [0.3, 0.4) is 0 Å². The highest BCUT2D eigenvalue weighted by molar-refractivity contribution is 9.10. The summed E-state index contributed by atoms with van der Waals surface area (Å²) in [6.45, 7) is 4.93. The lowest BCUT2D eigenvalue weighted by Crippen LogP contribution is -2.09. The van der Waals surface area contributed by atoms with E-state index in [-0.39, 0.29) is 5.92 Å². The highest BCUT2D eigenvalue weighted by Crippen LogP contribution is 2.29. The normalized spacial score (nSPS) is 12.1. The molecular formula is C20H20BrN2O. The number of imidazole rings is 1. The Kier molecular flexibility index (Phi) is 5.36. The molecule has 0 bridgehead atoms. The Morgan fingerprint density at radius 1 is 1.21 bits per heavy atom. The summed E-state index contributed by atoms with van der Waals surface area (Å²) in [5.41, 5.74) is 3.64. The zero-order valence-electron chi connectivity index (χ0n) is 13.7. The van der Waals surface area contributed by atoms with Crippen molar-refractivity contribution in [3.8, 4) is 5.75 Å². The number of hydrogen-bond acceptors (Lipinski definition) is 2. The summed E-state index contributed by atoms with van der Waals surface area (Å²) >= 11 is 3.55. The van der Waals surface area contributed by atoms with Gasteiger partial charge < -0.3 is 9.30 Å². The topological polar surface area (TPSA) is 27.1 Å². The van der Waals surface area contributed by atoms with Gasteiger partial charge >= 0.3 is 0 Å². The van der Waals surface area contributed by atoms with Gasteiger partial charge in [0, 0.05) is 28.8 Å². The second-order valence-corrected chi connectivity index (χ2v) is 6.61. The molecule has 1 atom stereocenters. The van der Waals surface area contributed by atoms with Crippen LogP contribution >= 0.6 is 15.9 Å². The van der Waals surface area contributed by atoms with E-state index < -0.39 is 0 Å². The van der Waals surface area contributed by atoms with Crippen LogP contribution in [0.4, 0.5) is 0 Å². The van der Waals surface area contributed by atoms with Crippen LogP contribution in [0.1, 0.15) is 29.2 Å². The first-order chi connectivity index (χ1) is 11.7. The first-order valence-corrected chi connectivity index (χ1v) is 8.68. The second-order valence-electron chi connectivity index (χ2n) is 5.69. The quantitative estimate of drug-likeness (QED) is 0.594. The summed E-state index contributed by atoms with van der Waals surface area (Å²) in [5.74, 6) is 1.10. The minimum absolute atomic E-state index is 0.225. The Hall–Kier alpha value is -2.07. The lowest BCUT2D eigenvalue weighted by atomic mass is 9.93. The molecule has 1 heterocycles. The fourth-order valence-corrected chi connectivity index (χ4v) is 3.31. The van der Waals surface area contributed by atoms with Crippen LogP contribution in [-0.4, -0.2) is 16.7 Å². The molecule has 0 spiro atoms. The van der Waals surface area contributed by atoms with E-state index in [1.165, 1.54) is 16.8 Å². The van der Waals surface area contributed by atoms with Crippen LogP contribution < -0.4 is 4.74 Å². The van der Waals surface area contributed by atoms with E-state index in [4.69, 9.17) is 4.74 Å². The molecule has 1 radical (unpaired) electrons. The van der Waals surface area contributed by atoms with Gasteiger partial charge in [0.25, 0.3) is 0 Å². The van der Waals surface area contributed by atoms with Crippen molar-refractivity contribution in [2.75, 3.05) is 7.11 Å². The lowest BCUT2D eigenvalue weighted by molar-refractivity contribution is 0.414. The third-order valence-corrected chi connectivity index (χ3v) is 4.65. The maximum atomic E-state index is 5.22. The number of rotatable bonds is 6. The van der Waals surface area contributed by atoms with Crippen LogP contribution in [0.15, 0.2) is 65.5 Å². The SMILES string of the molecule is [CH2]CC(c1cccc(Br)c1)c1cncn1Cc1ccc(OC)cc1. The summed E-state index contributed by atoms with van der Waals surface area (Å²) in [6.07, 6.45) is 4.62. The largest absolute Gasteiger partial charge is 0.497 e. The van der Waals surface area contributed by atoms with Crippen LogP contribution in [-0.2, 0) is 6.54 Å². The Balaban J connectivity index is 1.87. The fraction of sp³-hybridized carbons (Fsp3) is 0.200. The van der Waals surface area contributed by atoms with Gasteiger partial charge in [0.05, 0.1) is 13.4 Å². The highest BCUT2D eigenvalue weighted by Gasteiger charge is 2.17. The van der Waals surface area contributed by atoms with Gasteiger partial charge in [-0.3, -0.25) is 0 Å². The van der Waals surface area contributed by atoms with Gasteiger partial charge in [-0.15, -0.1) is 0 Å². The zero-order chi connectivity index (χ0) is 16.9. The summed E-state index contributed by atoms with van der Waals surface area (Å²) in [5, 5.41) is 0. The van der Waals surface area contributed by atoms with Crippen molar-refractivity contribution in [2.24, 2.45) is 0 Å². The molecule has 123 valence electrons. The number of halogens is 1. The molecule has 0 amide bonds. The zero-order valence-corrected chi connectivity index (χ0v) is 15.2. The number of methoxy groups -OCH3 is 1. The standard InChI is InChI=1S/C20H20BrN2O/c1-3-19(16-5-4-6-17(21)11-16)20-12-22-14-23(20)13-15-7-9-18(24-2)10-8-15/h4-12,14,19H,1,3,13H2,2H3. The molecule has 0 saturated carbocycles. The molecule has 1 unspecified atom stereocenters. The number of hydrogen-bond donors (Lipinski definition) is 0. The van der Waals surface area contributed by atoms with Crippen molar-refractivity contribution in [3.05, 3.63) is 89.3 Å². The highest BCUT2D eigenvalue weighted by atomic mass is 79.9. The number of ether oxygens (including phenoxy) is 1. The monoisotopic (exact) mass is 383 g/mol. The summed E-state index contributed by atoms with van der Waals surface area (Å²) in [4.78, 5) is 4.37. The van der Waals surface area contributed by atoms with Crippen molar-refractivity contribution in [1.82, 2.24) is 9.55 Å². The molecule has 0 fully saturated rings. The minimum Gasteiger partial charge on any atom is -0.497 e. The fourth-order valence-electron chi connectivity index (χ4n) is 2.89. The van der Waals surface area contributed by atoms with Crippen molar-refractivity contribution in [2.45, 2.75) is 18.9 Å². The molecule has 3 rings (SSSR count). The molecule has 3 nitrogen and oxygen atoms in total. The molecule has 2 aromatic carbocycles. The van der Waals surface area contributed by atoms with Crippen LogP contribution in [0.5, 0.6) is 5.75 Å². The third-order valence-electron chi connectivity index (χ3n) is 4.15. The van der Waals surface area contributed by atoms with E-state index in [9.17, 15) is 0 Å². The van der Waals surface area contributed by atoms with Gasteiger partial charge in [0.15, 0.2) is 0 Å². The van der Waals surface area contributed by atoms with Crippen molar-refractivity contribution >= 4 is 15.9 Å². The van der Waals surface area contributed by atoms with Gasteiger partial charge in [-0.2, -0.15) is 0 Å². The van der Waals surface area contributed by atoms with Crippen molar-refractivity contribution in [3.63, 3.8) is 0 Å². The first-order valence-electron chi connectivity index (χ1n) is 7.89. The summed E-state index contributed by atoms with van der Waals surface area (Å²) in [7, 11) is 1.68. The molecule has 4 heteroatoms. The summed E-state index contributed by atoms with van der Waals surface area (Å²) < 4.78 is 8.50. The molecule has 0 aliphatic rings. The molecular weight excluding hydrogens is 364 g/mol. The van der Waals surface area contributed by atoms with Gasteiger partial charge in [0.1, 0.15) is 5.75 Å². The van der Waals surface area contributed by atoms with E-state index in [1.54, 1.807) is 7.11 Å². The molecule has 24 heavy (non-hydrogen) atoms. The van der Waals surface area contributed by atoms with E-state index in [1.807, 2.05) is 30.7 Å². The second kappa shape index (κ2) is 7.67. The minimum atomic E-state index is 0.225. The van der Waals surface area contributed by atoms with Gasteiger partial charge in [-0.1, -0.05) is 47.1 Å². The van der Waals surface area contributed by atoms with E-state index in [0.717, 1.165) is 23.2 Å². The van der Waals surface area contributed by atoms with Crippen LogP contribution in [0, 0.1) is 6.92 Å². The predicted molar refractivity (Wildman–Crippen MR) is 100 cm³/mol. The molecule has 3 aromatic rings. The Morgan fingerprint density at radius 2 is 2.00 bits per heavy atom. The Labute approximate surface area is 151 Å². The Morgan fingerprint density at radius 3 is 2.67 bits per heavy atom. The third kappa shape index (κ3) is 3.70. The molecule has 0 aliphatic heterocycles. The molecule has 0 saturated heterocycles. The Bertz CT molecular complexity index is 795. The lowest BCUT2D eigenvalue weighted by Gasteiger charge is -2.18. The molecule has 0 aliphatic carbocycles. The molecule has 0 N–H and O–H groups in total. The van der Waals surface area contributed by atoms with E-state index in [0.29, 0.717) is 0 Å². The van der Waals surface area contributed by atoms with Crippen LogP contribution in [0.25, 0.3) is 0 Å². The van der Waals surface area contributed by atoms with E-state index >= 15 is 0 Å². The number of nitrogens with zero attached hydrogens (tertiary/aromatic N) is 2. The smallest absolute Gasteiger partial charge is 0.118 e. The average Bonchev–Trinajstić information content (AvgIpc) is 3.04. The van der Waals surface area contributed by atoms with Crippen molar-refractivity contribution in [1.29, 1.82) is 0 Å².